The van der Waals surface area contributed by atoms with Crippen LogP contribution in [0.3, 0.4) is 0 Å². The van der Waals surface area contributed by atoms with E-state index in [1.54, 1.807) is 0 Å². The molecule has 2 atom stereocenters. The molecule has 18 aromatic rings. The average molecular weight is 1440 g/mol. The SMILES string of the molecule is C.CC(C)N.CC(C)NCc1cccc2[nH]c(-c3n[nH]c4ccc(-c5cncc6ccccc56)cc34)nc12.[B]P(C)n1nc(-c2nc3c(CNC(C)C)cccc3[nH]2)c2cc(-c3cncc4ccccc34)ccc21.[B]P(C)n1nc(-c2nc3c(CO)cccc3[nH]2)c2cc(-c3cncc4ccccc34)ccc21. The standard InChI is InChI=1S/C28H26BN6P.C27H24N6.C25H19BN5OP.C3H9N.CH4/c1-17(2)31-15-20-8-6-10-24-26(20)33-28(32-24)27-22-13-18(11-12-25(22)35(34-27)36(3)29)23-16-30-14-19-7-4-5-9-21(19)23;1-16(2)29-14-19-7-5-9-24-25(19)31-27(30-24)26-21-12-17(10-11-23(21)32-33-26)22-15-28-13-18-6-3-4-8-20(18)22;1-33(26)31-22-10-9-15(20-13-27-12-16-5-2-3-7-18(16)20)11-19(22)24(30-31)25-28-21-8-4-6-17(14-32)23(21)29-25;1-3(2)4;/h4-14,16-17,31H,15H2,1-3H3,(H,32,33);3-13,15-16,29H,14H2,1-2H3,(H,30,31)(H,32,33);2-13,32H,14H2,1H3,(H,28,29);3H,4H2,1-2H3;1H4. The molecule has 107 heavy (non-hydrogen) atoms. The second kappa shape index (κ2) is 31.5. The third-order valence-electron chi connectivity index (χ3n) is 18.5. The number of aliphatic hydroxyl groups is 1. The molecule has 18 rings (SSSR count). The molecule has 0 bridgehead atoms. The van der Waals surface area contributed by atoms with Crippen molar-refractivity contribution in [3.8, 4) is 67.9 Å². The molecule has 9 aromatic heterocycles. The predicted molar refractivity (Wildman–Crippen MR) is 447 cm³/mol. The second-order valence-corrected chi connectivity index (χ2v) is 30.4. The lowest BCUT2D eigenvalue weighted by atomic mass is 9.99. The summed E-state index contributed by atoms with van der Waals surface area (Å²) < 4.78 is 3.81. The molecule has 9 heterocycles. The van der Waals surface area contributed by atoms with Gasteiger partial charge in [0.25, 0.3) is 0 Å². The third-order valence-corrected chi connectivity index (χ3v) is 20.3. The Morgan fingerprint density at radius 2 is 0.794 bits per heavy atom. The maximum atomic E-state index is 9.72. The van der Waals surface area contributed by atoms with Crippen LogP contribution in [0.15, 0.2) is 219 Å². The molecule has 0 saturated carbocycles. The van der Waals surface area contributed by atoms with Gasteiger partial charge in [0.1, 0.15) is 32.2 Å². The minimum atomic E-state index is -0.979. The number of imidazole rings is 3. The number of nitrogens with one attached hydrogen (secondary N) is 6. The molecule has 0 spiro atoms. The van der Waals surface area contributed by atoms with Crippen molar-refractivity contribution in [2.24, 2.45) is 5.73 Å². The summed E-state index contributed by atoms with van der Waals surface area (Å²) in [5.74, 6) is 2.16. The van der Waals surface area contributed by atoms with Crippen LogP contribution in [0.5, 0.6) is 0 Å². The Hall–Kier alpha value is -11.1. The number of nitrogens with two attached hydrogens (primary N) is 1. The van der Waals surface area contributed by atoms with Gasteiger partial charge >= 0.3 is 0 Å². The number of hydrogen-bond acceptors (Lipinski definition) is 13. The summed E-state index contributed by atoms with van der Waals surface area (Å²) >= 11 is 0. The number of pyridine rings is 3. The van der Waals surface area contributed by atoms with Crippen molar-refractivity contribution >= 4 is 129 Å². The second-order valence-electron chi connectivity index (χ2n) is 27.3. The topological polar surface area (TPSA) is 259 Å². The van der Waals surface area contributed by atoms with Gasteiger partial charge in [-0.3, -0.25) is 29.0 Å². The van der Waals surface area contributed by atoms with Crippen molar-refractivity contribution in [3.05, 3.63) is 236 Å². The highest BCUT2D eigenvalue weighted by Gasteiger charge is 2.23. The van der Waals surface area contributed by atoms with Crippen molar-refractivity contribution in [1.82, 2.24) is 84.8 Å². The molecule has 0 amide bonds. The highest BCUT2D eigenvalue weighted by molar-refractivity contribution is 7.80. The van der Waals surface area contributed by atoms with Gasteiger partial charge in [0.2, 0.25) is 0 Å². The lowest BCUT2D eigenvalue weighted by molar-refractivity contribution is 0.283. The third kappa shape index (κ3) is 15.0. The zero-order valence-corrected chi connectivity index (χ0v) is 61.9. The van der Waals surface area contributed by atoms with Crippen LogP contribution in [0.25, 0.3) is 166 Å². The molecule has 2 unspecified atom stereocenters. The van der Waals surface area contributed by atoms with E-state index in [-0.39, 0.29) is 14.0 Å². The van der Waals surface area contributed by atoms with Crippen LogP contribution in [0.4, 0.5) is 0 Å². The van der Waals surface area contributed by atoms with Crippen molar-refractivity contribution in [2.45, 2.75) is 86.8 Å². The number of fused-ring (bicyclic) bond motifs is 9. The van der Waals surface area contributed by atoms with Crippen LogP contribution in [0.1, 0.15) is 65.7 Å². The molecule has 530 valence electrons. The lowest BCUT2D eigenvalue weighted by Gasteiger charge is -2.09. The summed E-state index contributed by atoms with van der Waals surface area (Å²) in [6.07, 6.45) is 11.4. The number of aromatic amines is 4. The van der Waals surface area contributed by atoms with Crippen LogP contribution in [-0.4, -0.2) is 126 Å². The van der Waals surface area contributed by atoms with Crippen molar-refractivity contribution in [3.63, 3.8) is 0 Å². The molecular formula is C84H82B2N18OP2. The smallest absolute Gasteiger partial charge is 0.159 e. The molecule has 0 aliphatic rings. The van der Waals surface area contributed by atoms with Gasteiger partial charge in [-0.2, -0.15) is 15.3 Å². The number of hydrogen-bond donors (Lipinski definition) is 8. The Balaban J connectivity index is 0.000000131. The van der Waals surface area contributed by atoms with E-state index in [0.29, 0.717) is 23.9 Å². The first-order valence-corrected chi connectivity index (χ1v) is 38.9. The van der Waals surface area contributed by atoms with Gasteiger partial charge in [0.15, 0.2) is 17.5 Å². The molecule has 0 aliphatic heterocycles. The number of aliphatic hydroxyl groups excluding tert-OH is 1. The molecule has 0 aliphatic carbocycles. The van der Waals surface area contributed by atoms with E-state index in [0.717, 1.165) is 174 Å². The average Bonchev–Trinajstić information content (AvgIpc) is 1.64. The minimum absolute atomic E-state index is 0. The Morgan fingerprint density at radius 1 is 0.430 bits per heavy atom. The van der Waals surface area contributed by atoms with Crippen molar-refractivity contribution in [1.29, 1.82) is 0 Å². The number of aromatic nitrogens is 15. The van der Waals surface area contributed by atoms with Gasteiger partial charge in [-0.1, -0.05) is 176 Å². The van der Waals surface area contributed by atoms with E-state index in [4.69, 9.17) is 46.0 Å². The minimum Gasteiger partial charge on any atom is -0.392 e. The largest absolute Gasteiger partial charge is 0.392 e. The summed E-state index contributed by atoms with van der Waals surface area (Å²) in [5, 5.41) is 44.1. The maximum Gasteiger partial charge on any atom is 0.159 e. The Bertz CT molecular complexity index is 6210. The van der Waals surface area contributed by atoms with E-state index in [9.17, 15) is 5.11 Å². The lowest BCUT2D eigenvalue weighted by Crippen LogP contribution is -2.21. The van der Waals surface area contributed by atoms with Crippen LogP contribution in [0, 0.1) is 0 Å². The van der Waals surface area contributed by atoms with Gasteiger partial charge in [-0.05, 0) is 134 Å². The number of nitrogens with zero attached hydrogens (tertiary/aromatic N) is 11. The zero-order chi connectivity index (χ0) is 73.3. The summed E-state index contributed by atoms with van der Waals surface area (Å²) in [5.41, 5.74) is 25.6. The Labute approximate surface area is 625 Å². The fourth-order valence-corrected chi connectivity index (χ4v) is 14.9. The normalized spacial score (nSPS) is 12.2. The predicted octanol–water partition coefficient (Wildman–Crippen LogP) is 18.3. The zero-order valence-electron chi connectivity index (χ0n) is 60.1. The van der Waals surface area contributed by atoms with E-state index in [1.807, 2.05) is 116 Å². The van der Waals surface area contributed by atoms with E-state index < -0.39 is 15.9 Å². The van der Waals surface area contributed by atoms with Gasteiger partial charge in [-0.25, -0.2) is 15.0 Å². The highest BCUT2D eigenvalue weighted by atomic mass is 31.1. The number of para-hydroxylation sites is 3. The number of benzene rings is 9. The van der Waals surface area contributed by atoms with E-state index in [2.05, 4.69) is 218 Å². The van der Waals surface area contributed by atoms with Crippen LogP contribution >= 0.6 is 15.9 Å². The van der Waals surface area contributed by atoms with Crippen molar-refractivity contribution in [2.75, 3.05) is 13.3 Å². The molecule has 4 radical (unpaired) electrons. The molecule has 0 saturated heterocycles. The highest BCUT2D eigenvalue weighted by Crippen LogP contribution is 2.42. The number of rotatable bonds is 15. The molecular weight excluding hydrogens is 1360 g/mol. The fraction of sp³-hybridized carbons (Fsp3) is 0.179. The monoisotopic (exact) mass is 1440 g/mol. The molecule has 23 heteroatoms. The van der Waals surface area contributed by atoms with Crippen molar-refractivity contribution < 1.29 is 5.11 Å². The molecule has 0 fully saturated rings. The maximum absolute atomic E-state index is 9.72. The summed E-state index contributed by atoms with van der Waals surface area (Å²) in [7, 11) is 10.7. The Kier molecular flexibility index (Phi) is 21.4. The Morgan fingerprint density at radius 3 is 1.19 bits per heavy atom. The summed E-state index contributed by atoms with van der Waals surface area (Å²) in [4.78, 5) is 38.5. The summed E-state index contributed by atoms with van der Waals surface area (Å²) in [6, 6.07) is 63.3. The van der Waals surface area contributed by atoms with Gasteiger partial charge in [-0.15, -0.1) is 0 Å². The molecule has 9 N–H and O–H groups in total. The number of H-pyrrole nitrogens is 4. The first-order valence-electron chi connectivity index (χ1n) is 35.3. The molecule has 19 nitrogen and oxygen atoms in total. The van der Waals surface area contributed by atoms with Gasteiger partial charge < -0.3 is 36.4 Å². The van der Waals surface area contributed by atoms with E-state index >= 15 is 0 Å². The van der Waals surface area contributed by atoms with Crippen LogP contribution in [0.2, 0.25) is 0 Å². The first kappa shape index (κ1) is 72.8. The van der Waals surface area contributed by atoms with Gasteiger partial charge in [0.05, 0.1) is 56.3 Å². The van der Waals surface area contributed by atoms with Crippen LogP contribution < -0.4 is 16.4 Å². The van der Waals surface area contributed by atoms with Crippen LogP contribution in [-0.2, 0) is 19.7 Å². The van der Waals surface area contributed by atoms with E-state index in [1.165, 1.54) is 16.3 Å². The molecule has 9 aromatic carbocycles. The quantitative estimate of drug-likeness (QED) is 0.0351. The van der Waals surface area contributed by atoms with Gasteiger partial charge in [0, 0.05) is 117 Å². The first-order chi connectivity index (χ1) is 51.5. The fourth-order valence-electron chi connectivity index (χ4n) is 13.4. The summed E-state index contributed by atoms with van der Waals surface area (Å²) in [6.45, 7) is 17.9.